The molecule has 0 atom stereocenters. The highest BCUT2D eigenvalue weighted by molar-refractivity contribution is 9.10. The van der Waals surface area contributed by atoms with E-state index in [4.69, 9.17) is 13.9 Å². The van der Waals surface area contributed by atoms with Gasteiger partial charge in [-0.05, 0) is 36.4 Å². The number of ether oxygens (including phenoxy) is 2. The molecular formula is C18H14BrFN2O4. The second-order valence-corrected chi connectivity index (χ2v) is 6.09. The molecule has 0 saturated heterocycles. The van der Waals surface area contributed by atoms with Gasteiger partial charge in [-0.25, -0.2) is 9.37 Å². The number of aromatic nitrogens is 1. The molecule has 6 nitrogen and oxygen atoms in total. The second kappa shape index (κ2) is 7.57. The molecule has 0 saturated carbocycles. The minimum Gasteiger partial charge on any atom is -0.493 e. The van der Waals surface area contributed by atoms with Crippen LogP contribution in [0, 0.1) is 5.82 Å². The summed E-state index contributed by atoms with van der Waals surface area (Å²) in [6, 6.07) is 9.39. The average Bonchev–Trinajstić information content (AvgIpc) is 3.13. The number of amides is 1. The predicted octanol–water partition coefficient (Wildman–Crippen LogP) is 4.51. The van der Waals surface area contributed by atoms with Crippen LogP contribution < -0.4 is 14.8 Å². The molecular weight excluding hydrogens is 407 g/mol. The number of hydrogen-bond donors (Lipinski definition) is 1. The van der Waals surface area contributed by atoms with E-state index in [1.165, 1.54) is 26.4 Å². The van der Waals surface area contributed by atoms with E-state index in [1.54, 1.807) is 24.3 Å². The Morgan fingerprint density at radius 3 is 2.62 bits per heavy atom. The van der Waals surface area contributed by atoms with E-state index >= 15 is 0 Å². The zero-order chi connectivity index (χ0) is 18.7. The number of benzene rings is 2. The van der Waals surface area contributed by atoms with E-state index in [0.717, 1.165) is 6.39 Å². The van der Waals surface area contributed by atoms with Crippen molar-refractivity contribution in [3.05, 3.63) is 58.8 Å². The highest BCUT2D eigenvalue weighted by Crippen LogP contribution is 2.33. The maximum atomic E-state index is 13.9. The van der Waals surface area contributed by atoms with E-state index in [9.17, 15) is 9.18 Å². The molecule has 2 aromatic carbocycles. The lowest BCUT2D eigenvalue weighted by atomic mass is 10.1. The lowest BCUT2D eigenvalue weighted by molar-refractivity contribution is 0.102. The van der Waals surface area contributed by atoms with Gasteiger partial charge in [0, 0.05) is 10.0 Å². The van der Waals surface area contributed by atoms with Gasteiger partial charge in [0.15, 0.2) is 29.3 Å². The first-order valence-electron chi connectivity index (χ1n) is 7.45. The molecule has 26 heavy (non-hydrogen) atoms. The quantitative estimate of drug-likeness (QED) is 0.656. The van der Waals surface area contributed by atoms with E-state index < -0.39 is 11.7 Å². The molecule has 134 valence electrons. The van der Waals surface area contributed by atoms with Gasteiger partial charge in [-0.3, -0.25) is 4.79 Å². The summed E-state index contributed by atoms with van der Waals surface area (Å²) in [5, 5.41) is 2.49. The van der Waals surface area contributed by atoms with Crippen LogP contribution in [0.15, 0.2) is 51.7 Å². The molecule has 0 aliphatic rings. The SMILES string of the molecule is COc1ccc(-c2ocnc2C(=O)Nc2ccc(Br)cc2F)cc1OC. The van der Waals surface area contributed by atoms with Crippen molar-refractivity contribution in [2.45, 2.75) is 0 Å². The molecule has 0 aliphatic carbocycles. The standard InChI is InChI=1S/C18H14BrFN2O4/c1-24-14-6-3-10(7-15(14)25-2)17-16(21-9-26-17)18(23)22-13-5-4-11(19)8-12(13)20/h3-9H,1-2H3,(H,22,23). The Morgan fingerprint density at radius 2 is 1.92 bits per heavy atom. The Hall–Kier alpha value is -2.87. The minimum absolute atomic E-state index is 0.0274. The predicted molar refractivity (Wildman–Crippen MR) is 97.1 cm³/mol. The van der Waals surface area contributed by atoms with Crippen LogP contribution in [0.25, 0.3) is 11.3 Å². The van der Waals surface area contributed by atoms with Crippen molar-refractivity contribution < 1.29 is 23.1 Å². The van der Waals surface area contributed by atoms with Gasteiger partial charge in [0.05, 0.1) is 19.9 Å². The largest absolute Gasteiger partial charge is 0.493 e. The molecule has 1 heterocycles. The number of nitrogens with zero attached hydrogens (tertiary/aromatic N) is 1. The maximum absolute atomic E-state index is 13.9. The molecule has 0 radical (unpaired) electrons. The zero-order valence-electron chi connectivity index (χ0n) is 13.9. The molecule has 0 fully saturated rings. The highest BCUT2D eigenvalue weighted by atomic mass is 79.9. The minimum atomic E-state index is -0.593. The molecule has 0 unspecified atom stereocenters. The summed E-state index contributed by atoms with van der Waals surface area (Å²) >= 11 is 3.17. The maximum Gasteiger partial charge on any atom is 0.278 e. The number of nitrogens with one attached hydrogen (secondary N) is 1. The summed E-state index contributed by atoms with van der Waals surface area (Å²) in [7, 11) is 3.03. The summed E-state index contributed by atoms with van der Waals surface area (Å²) in [5.41, 5.74) is 0.639. The Labute approximate surface area is 157 Å². The number of carbonyl (C=O) groups is 1. The van der Waals surface area contributed by atoms with E-state index in [0.29, 0.717) is 21.5 Å². The van der Waals surface area contributed by atoms with Crippen molar-refractivity contribution in [1.29, 1.82) is 0 Å². The van der Waals surface area contributed by atoms with Gasteiger partial charge in [-0.2, -0.15) is 0 Å². The fraction of sp³-hybridized carbons (Fsp3) is 0.111. The number of hydrogen-bond acceptors (Lipinski definition) is 5. The lowest BCUT2D eigenvalue weighted by Crippen LogP contribution is -2.14. The van der Waals surface area contributed by atoms with Crippen molar-refractivity contribution in [2.75, 3.05) is 19.5 Å². The normalized spacial score (nSPS) is 10.5. The fourth-order valence-electron chi connectivity index (χ4n) is 2.36. The van der Waals surface area contributed by atoms with Gasteiger partial charge in [0.1, 0.15) is 5.82 Å². The Bertz CT molecular complexity index is 958. The monoisotopic (exact) mass is 420 g/mol. The van der Waals surface area contributed by atoms with Gasteiger partial charge in [-0.15, -0.1) is 0 Å². The van der Waals surface area contributed by atoms with E-state index in [1.807, 2.05) is 0 Å². The fourth-order valence-corrected chi connectivity index (χ4v) is 2.70. The van der Waals surface area contributed by atoms with Gasteiger partial charge < -0.3 is 19.2 Å². The summed E-state index contributed by atoms with van der Waals surface area (Å²) in [6.07, 6.45) is 1.15. The topological polar surface area (TPSA) is 73.6 Å². The van der Waals surface area contributed by atoms with Gasteiger partial charge in [0.25, 0.3) is 5.91 Å². The number of oxazole rings is 1. The Kier molecular flexibility index (Phi) is 5.22. The summed E-state index contributed by atoms with van der Waals surface area (Å²) in [4.78, 5) is 16.5. The van der Waals surface area contributed by atoms with Crippen LogP contribution in [0.4, 0.5) is 10.1 Å². The third-order valence-electron chi connectivity index (χ3n) is 3.61. The van der Waals surface area contributed by atoms with Crippen molar-refractivity contribution in [3.63, 3.8) is 0 Å². The van der Waals surface area contributed by atoms with Crippen molar-refractivity contribution >= 4 is 27.5 Å². The van der Waals surface area contributed by atoms with Crippen LogP contribution in [0.1, 0.15) is 10.5 Å². The number of carbonyl (C=O) groups excluding carboxylic acids is 1. The smallest absolute Gasteiger partial charge is 0.278 e. The Morgan fingerprint density at radius 1 is 1.15 bits per heavy atom. The van der Waals surface area contributed by atoms with Crippen LogP contribution in [-0.2, 0) is 0 Å². The first-order chi connectivity index (χ1) is 12.5. The lowest BCUT2D eigenvalue weighted by Gasteiger charge is -2.09. The molecule has 1 amide bonds. The molecule has 3 rings (SSSR count). The number of anilines is 1. The van der Waals surface area contributed by atoms with Gasteiger partial charge in [-0.1, -0.05) is 15.9 Å². The number of methoxy groups -OCH3 is 2. The van der Waals surface area contributed by atoms with Crippen LogP contribution in [0.5, 0.6) is 11.5 Å². The van der Waals surface area contributed by atoms with Crippen LogP contribution in [0.3, 0.4) is 0 Å². The second-order valence-electron chi connectivity index (χ2n) is 5.18. The third-order valence-corrected chi connectivity index (χ3v) is 4.10. The molecule has 1 aromatic heterocycles. The van der Waals surface area contributed by atoms with Crippen molar-refractivity contribution in [1.82, 2.24) is 4.98 Å². The van der Waals surface area contributed by atoms with E-state index in [2.05, 4.69) is 26.2 Å². The number of rotatable bonds is 5. The van der Waals surface area contributed by atoms with Crippen LogP contribution in [0.2, 0.25) is 0 Å². The molecule has 0 bridgehead atoms. The molecule has 8 heteroatoms. The number of halogens is 2. The summed E-state index contributed by atoms with van der Waals surface area (Å²) in [6.45, 7) is 0. The molecule has 3 aromatic rings. The summed E-state index contributed by atoms with van der Waals surface area (Å²) < 4.78 is 30.3. The van der Waals surface area contributed by atoms with Crippen molar-refractivity contribution in [2.24, 2.45) is 0 Å². The average molecular weight is 421 g/mol. The first-order valence-corrected chi connectivity index (χ1v) is 8.25. The molecule has 0 spiro atoms. The zero-order valence-corrected chi connectivity index (χ0v) is 15.5. The highest BCUT2D eigenvalue weighted by Gasteiger charge is 2.20. The summed E-state index contributed by atoms with van der Waals surface area (Å²) in [5.74, 6) is 0.0972. The molecule has 0 aliphatic heterocycles. The van der Waals surface area contributed by atoms with Crippen LogP contribution >= 0.6 is 15.9 Å². The van der Waals surface area contributed by atoms with Crippen LogP contribution in [-0.4, -0.2) is 25.1 Å². The van der Waals surface area contributed by atoms with Gasteiger partial charge >= 0.3 is 0 Å². The first kappa shape index (κ1) is 17.9. The van der Waals surface area contributed by atoms with Gasteiger partial charge in [0.2, 0.25) is 0 Å². The third kappa shape index (κ3) is 3.55. The van der Waals surface area contributed by atoms with E-state index in [-0.39, 0.29) is 17.1 Å². The molecule has 1 N–H and O–H groups in total. The van der Waals surface area contributed by atoms with Crippen molar-refractivity contribution in [3.8, 4) is 22.8 Å². The Balaban J connectivity index is 1.92.